The molecule has 0 aliphatic carbocycles. The van der Waals surface area contributed by atoms with E-state index in [4.69, 9.17) is 4.74 Å². The van der Waals surface area contributed by atoms with Crippen molar-refractivity contribution in [1.82, 2.24) is 14.7 Å². The third-order valence-corrected chi connectivity index (χ3v) is 4.69. The fraction of sp³-hybridized carbons (Fsp3) is 0.500. The number of nitrogens with zero attached hydrogens (tertiary/aromatic N) is 3. The predicted octanol–water partition coefficient (Wildman–Crippen LogP) is 3.04. The number of hydrogen-bond acceptors (Lipinski definition) is 4. The SMILES string of the molecule is CCc1cc(NC(=O)N2CC(C)OC(c3ccsc3)C2)n(C)n1. The number of carbonyl (C=O) groups is 1. The minimum atomic E-state index is -0.106. The fourth-order valence-electron chi connectivity index (χ4n) is 2.76. The maximum atomic E-state index is 12.6. The highest BCUT2D eigenvalue weighted by Crippen LogP contribution is 2.27. The van der Waals surface area contributed by atoms with Gasteiger partial charge in [0.1, 0.15) is 11.9 Å². The molecule has 0 bridgehead atoms. The number of urea groups is 1. The summed E-state index contributed by atoms with van der Waals surface area (Å²) in [7, 11) is 1.84. The van der Waals surface area contributed by atoms with Gasteiger partial charge in [-0.3, -0.25) is 10.00 Å². The highest BCUT2D eigenvalue weighted by atomic mass is 32.1. The van der Waals surface area contributed by atoms with Crippen molar-refractivity contribution >= 4 is 23.2 Å². The lowest BCUT2D eigenvalue weighted by atomic mass is 10.1. The Morgan fingerprint density at radius 2 is 2.35 bits per heavy atom. The molecule has 3 rings (SSSR count). The number of amides is 2. The van der Waals surface area contributed by atoms with Gasteiger partial charge in [0.25, 0.3) is 0 Å². The van der Waals surface area contributed by atoms with E-state index < -0.39 is 0 Å². The Hall–Kier alpha value is -1.86. The first kappa shape index (κ1) is 16.0. The zero-order valence-corrected chi connectivity index (χ0v) is 14.5. The highest BCUT2D eigenvalue weighted by Gasteiger charge is 2.30. The number of thiophene rings is 1. The zero-order valence-electron chi connectivity index (χ0n) is 13.7. The second-order valence-corrected chi connectivity index (χ2v) is 6.61. The largest absolute Gasteiger partial charge is 0.367 e. The van der Waals surface area contributed by atoms with Gasteiger partial charge in [-0.15, -0.1) is 0 Å². The van der Waals surface area contributed by atoms with Crippen LogP contribution in [0.15, 0.2) is 22.9 Å². The molecule has 0 aromatic carbocycles. The Bertz CT molecular complexity index is 668. The van der Waals surface area contributed by atoms with Crippen LogP contribution in [0.3, 0.4) is 0 Å². The predicted molar refractivity (Wildman–Crippen MR) is 90.8 cm³/mol. The Kier molecular flexibility index (Phi) is 4.68. The normalized spacial score (nSPS) is 21.4. The lowest BCUT2D eigenvalue weighted by Gasteiger charge is -2.36. The van der Waals surface area contributed by atoms with Crippen LogP contribution in [0.5, 0.6) is 0 Å². The fourth-order valence-corrected chi connectivity index (χ4v) is 3.47. The molecule has 0 radical (unpaired) electrons. The van der Waals surface area contributed by atoms with Gasteiger partial charge in [-0.25, -0.2) is 4.79 Å². The van der Waals surface area contributed by atoms with Crippen LogP contribution in [0.2, 0.25) is 0 Å². The molecule has 7 heteroatoms. The van der Waals surface area contributed by atoms with Crippen molar-refractivity contribution in [3.05, 3.63) is 34.2 Å². The van der Waals surface area contributed by atoms with Crippen LogP contribution in [0.4, 0.5) is 10.6 Å². The molecule has 23 heavy (non-hydrogen) atoms. The van der Waals surface area contributed by atoms with Crippen molar-refractivity contribution in [2.24, 2.45) is 7.05 Å². The summed E-state index contributed by atoms with van der Waals surface area (Å²) in [5.74, 6) is 0.720. The molecule has 0 spiro atoms. The van der Waals surface area contributed by atoms with Gasteiger partial charge in [0.15, 0.2) is 0 Å². The van der Waals surface area contributed by atoms with Crippen molar-refractivity contribution in [2.45, 2.75) is 32.5 Å². The summed E-state index contributed by atoms with van der Waals surface area (Å²) in [4.78, 5) is 14.4. The summed E-state index contributed by atoms with van der Waals surface area (Å²) in [6.45, 7) is 5.19. The standard InChI is InChI=1S/C16H22N4O2S/c1-4-13-7-15(19(3)18-13)17-16(21)20-8-11(2)22-14(9-20)12-5-6-23-10-12/h5-7,10-11,14H,4,8-9H2,1-3H3,(H,17,21). The number of hydrogen-bond donors (Lipinski definition) is 1. The molecular weight excluding hydrogens is 312 g/mol. The topological polar surface area (TPSA) is 59.4 Å². The van der Waals surface area contributed by atoms with Gasteiger partial charge in [-0.1, -0.05) is 6.92 Å². The van der Waals surface area contributed by atoms with Crippen molar-refractivity contribution in [3.8, 4) is 0 Å². The molecule has 124 valence electrons. The van der Waals surface area contributed by atoms with Gasteiger partial charge >= 0.3 is 6.03 Å². The number of aromatic nitrogens is 2. The third kappa shape index (κ3) is 3.56. The molecule has 2 aromatic heterocycles. The van der Waals surface area contributed by atoms with Gasteiger partial charge in [-0.05, 0) is 35.7 Å². The maximum absolute atomic E-state index is 12.6. The van der Waals surface area contributed by atoms with E-state index in [-0.39, 0.29) is 18.2 Å². The number of aryl methyl sites for hydroxylation is 2. The average molecular weight is 334 g/mol. The molecule has 2 atom stereocenters. The van der Waals surface area contributed by atoms with E-state index >= 15 is 0 Å². The molecule has 2 aromatic rings. The first-order valence-corrected chi connectivity index (χ1v) is 8.77. The van der Waals surface area contributed by atoms with E-state index in [1.807, 2.05) is 37.2 Å². The first-order valence-electron chi connectivity index (χ1n) is 7.83. The number of morpholine rings is 1. The van der Waals surface area contributed by atoms with Crippen LogP contribution in [0.1, 0.15) is 31.2 Å². The summed E-state index contributed by atoms with van der Waals surface area (Å²) in [5.41, 5.74) is 2.10. The summed E-state index contributed by atoms with van der Waals surface area (Å²) in [6, 6.07) is 3.86. The van der Waals surface area contributed by atoms with E-state index in [0.717, 1.165) is 23.5 Å². The number of carbonyl (C=O) groups excluding carboxylic acids is 1. The van der Waals surface area contributed by atoms with E-state index in [9.17, 15) is 4.79 Å². The van der Waals surface area contributed by atoms with Crippen molar-refractivity contribution in [2.75, 3.05) is 18.4 Å². The van der Waals surface area contributed by atoms with E-state index in [2.05, 4.69) is 21.9 Å². The van der Waals surface area contributed by atoms with Crippen LogP contribution in [-0.4, -0.2) is 39.9 Å². The molecule has 1 aliphatic rings. The van der Waals surface area contributed by atoms with E-state index in [1.165, 1.54) is 0 Å². The summed E-state index contributed by atoms with van der Waals surface area (Å²) in [6.07, 6.45) is 0.795. The van der Waals surface area contributed by atoms with Crippen LogP contribution >= 0.6 is 11.3 Å². The van der Waals surface area contributed by atoms with Crippen molar-refractivity contribution < 1.29 is 9.53 Å². The molecule has 1 saturated heterocycles. The van der Waals surface area contributed by atoms with Crippen LogP contribution in [-0.2, 0) is 18.2 Å². The Morgan fingerprint density at radius 1 is 1.52 bits per heavy atom. The molecule has 2 unspecified atom stereocenters. The average Bonchev–Trinajstić information content (AvgIpc) is 3.17. The van der Waals surface area contributed by atoms with Crippen LogP contribution in [0, 0.1) is 0 Å². The number of anilines is 1. The van der Waals surface area contributed by atoms with E-state index in [1.54, 1.807) is 16.0 Å². The highest BCUT2D eigenvalue weighted by molar-refractivity contribution is 7.07. The first-order chi connectivity index (χ1) is 11.1. The lowest BCUT2D eigenvalue weighted by Crippen LogP contribution is -2.47. The second kappa shape index (κ2) is 6.72. The Labute approximate surface area is 140 Å². The third-order valence-electron chi connectivity index (χ3n) is 3.99. The smallest absolute Gasteiger partial charge is 0.323 e. The van der Waals surface area contributed by atoms with Crippen LogP contribution in [0.25, 0.3) is 0 Å². The number of rotatable bonds is 3. The Balaban J connectivity index is 1.69. The molecular formula is C16H22N4O2S. The van der Waals surface area contributed by atoms with Crippen molar-refractivity contribution in [3.63, 3.8) is 0 Å². The molecule has 1 fully saturated rings. The van der Waals surface area contributed by atoms with Gasteiger partial charge < -0.3 is 9.64 Å². The lowest BCUT2D eigenvalue weighted by molar-refractivity contribution is -0.0641. The van der Waals surface area contributed by atoms with Gasteiger partial charge in [0.05, 0.1) is 18.3 Å². The summed E-state index contributed by atoms with van der Waals surface area (Å²) < 4.78 is 7.68. The number of ether oxygens (including phenoxy) is 1. The minimum absolute atomic E-state index is 0.0112. The molecule has 6 nitrogen and oxygen atoms in total. The molecule has 1 N–H and O–H groups in total. The molecule has 0 saturated carbocycles. The molecule has 3 heterocycles. The molecule has 1 aliphatic heterocycles. The van der Waals surface area contributed by atoms with Crippen molar-refractivity contribution in [1.29, 1.82) is 0 Å². The summed E-state index contributed by atoms with van der Waals surface area (Å²) >= 11 is 1.64. The maximum Gasteiger partial charge on any atom is 0.323 e. The van der Waals surface area contributed by atoms with Gasteiger partial charge in [0.2, 0.25) is 0 Å². The zero-order chi connectivity index (χ0) is 16.4. The Morgan fingerprint density at radius 3 is 3.00 bits per heavy atom. The van der Waals surface area contributed by atoms with E-state index in [0.29, 0.717) is 13.1 Å². The van der Waals surface area contributed by atoms with Gasteiger partial charge in [0, 0.05) is 19.7 Å². The van der Waals surface area contributed by atoms with Gasteiger partial charge in [-0.2, -0.15) is 16.4 Å². The van der Waals surface area contributed by atoms with Crippen LogP contribution < -0.4 is 5.32 Å². The second-order valence-electron chi connectivity index (χ2n) is 5.83. The summed E-state index contributed by atoms with van der Waals surface area (Å²) in [5, 5.41) is 11.4. The monoisotopic (exact) mass is 334 g/mol. The quantitative estimate of drug-likeness (QED) is 0.938. The molecule has 2 amide bonds. The number of nitrogens with one attached hydrogen (secondary N) is 1. The minimum Gasteiger partial charge on any atom is -0.367 e.